The van der Waals surface area contributed by atoms with Crippen molar-refractivity contribution in [2.45, 2.75) is 335 Å². The summed E-state index contributed by atoms with van der Waals surface area (Å²) in [6.07, 6.45) is 77.6. The maximum atomic E-state index is 2.31. The van der Waals surface area contributed by atoms with Crippen LogP contribution < -0.4 is 0 Å². The van der Waals surface area contributed by atoms with Gasteiger partial charge in [0.25, 0.3) is 0 Å². The molecule has 2 atom stereocenters. The van der Waals surface area contributed by atoms with E-state index in [1.807, 2.05) is 0 Å². The predicted octanol–water partition coefficient (Wildman–Crippen LogP) is 21.8. The van der Waals surface area contributed by atoms with Crippen LogP contribution in [0.25, 0.3) is 0 Å². The summed E-state index contributed by atoms with van der Waals surface area (Å²) in [5, 5.41) is 0. The molecule has 0 aliphatic heterocycles. The van der Waals surface area contributed by atoms with Crippen LogP contribution in [0.5, 0.6) is 0 Å². The summed E-state index contributed by atoms with van der Waals surface area (Å²) in [7, 11) is 2.56. The first-order chi connectivity index (χ1) is 27.9. The van der Waals surface area contributed by atoms with Gasteiger partial charge in [0.15, 0.2) is 0 Å². The Hall–Kier alpha value is 0.860. The first kappa shape index (κ1) is 56.9. The van der Waals surface area contributed by atoms with Gasteiger partial charge in [0.1, 0.15) is 0 Å². The molecule has 0 aliphatic rings. The van der Waals surface area contributed by atoms with Crippen molar-refractivity contribution in [1.29, 1.82) is 0 Å². The topological polar surface area (TPSA) is 0 Å². The minimum Gasteiger partial charge on any atom is -0.0992 e. The van der Waals surface area contributed by atoms with Crippen LogP contribution in [0.15, 0.2) is 0 Å². The summed E-state index contributed by atoms with van der Waals surface area (Å²) in [6, 6.07) is 0. The van der Waals surface area contributed by atoms with Crippen LogP contribution in [0.1, 0.15) is 335 Å². The van der Waals surface area contributed by atoms with Gasteiger partial charge >= 0.3 is 0 Å². The van der Waals surface area contributed by atoms with Crippen LogP contribution in [0, 0.1) is 0 Å². The molecule has 0 nitrogen and oxygen atoms in total. The Labute approximate surface area is 362 Å². The number of unbranched alkanes of at least 4 members (excludes halogenated alkanes) is 48. The SMILES string of the molecule is CCCCCCCCCCCCCCCCCCCCCCCCCCCPPCCCCCCCCCCCCCCCCCCCCCCCCCCC. The summed E-state index contributed by atoms with van der Waals surface area (Å²) >= 11 is 0. The summed E-state index contributed by atoms with van der Waals surface area (Å²) in [5.41, 5.74) is 0. The van der Waals surface area contributed by atoms with Crippen LogP contribution >= 0.6 is 16.5 Å². The molecule has 2 unspecified atom stereocenters. The quantitative estimate of drug-likeness (QED) is 0.0423. The fraction of sp³-hybridized carbons (Fsp3) is 1.00. The molecule has 0 saturated carbocycles. The van der Waals surface area contributed by atoms with Gasteiger partial charge in [-0.3, -0.25) is 0 Å². The van der Waals surface area contributed by atoms with E-state index in [-0.39, 0.29) is 0 Å². The molecule has 0 spiro atoms. The van der Waals surface area contributed by atoms with Crippen molar-refractivity contribution in [3.8, 4) is 0 Å². The monoisotopic (exact) mass is 823 g/mol. The van der Waals surface area contributed by atoms with Crippen molar-refractivity contribution in [2.24, 2.45) is 0 Å². The third-order valence-electron chi connectivity index (χ3n) is 12.9. The molecule has 0 aromatic carbocycles. The lowest BCUT2D eigenvalue weighted by Gasteiger charge is -2.05. The van der Waals surface area contributed by atoms with E-state index in [0.717, 1.165) is 0 Å². The zero-order valence-corrected chi connectivity index (χ0v) is 41.8. The van der Waals surface area contributed by atoms with Gasteiger partial charge in [-0.05, 0) is 25.2 Å². The molecule has 0 fully saturated rings. The first-order valence-corrected chi connectivity index (χ1v) is 30.8. The molecule has 56 heavy (non-hydrogen) atoms. The maximum Gasteiger partial charge on any atom is -0.0317 e. The zero-order chi connectivity index (χ0) is 40.2. The average molecular weight is 823 g/mol. The minimum absolute atomic E-state index is 1.28. The van der Waals surface area contributed by atoms with E-state index in [2.05, 4.69) is 13.8 Å². The van der Waals surface area contributed by atoms with Crippen LogP contribution in [-0.4, -0.2) is 12.3 Å². The Morgan fingerprint density at radius 1 is 0.143 bits per heavy atom. The molecule has 338 valence electrons. The standard InChI is InChI=1S/C54H112P2/c1-3-5-7-9-11-13-15-17-19-21-23-25-27-29-31-33-35-37-39-41-43-45-47-49-51-53-55-56-54-52-50-48-46-44-42-40-38-36-34-32-30-28-26-24-22-20-18-16-14-12-10-8-6-4-2/h55-56H,3-54H2,1-2H3. The highest BCUT2D eigenvalue weighted by atomic mass is 32.0. The van der Waals surface area contributed by atoms with Gasteiger partial charge in [-0.1, -0.05) is 339 Å². The number of hydrogen-bond acceptors (Lipinski definition) is 0. The highest BCUT2D eigenvalue weighted by Crippen LogP contribution is 2.38. The Morgan fingerprint density at radius 2 is 0.250 bits per heavy atom. The normalized spacial score (nSPS) is 12.1. The fourth-order valence-corrected chi connectivity index (χ4v) is 12.2. The van der Waals surface area contributed by atoms with E-state index in [1.54, 1.807) is 0 Å². The lowest BCUT2D eigenvalue weighted by Crippen LogP contribution is -1.85. The van der Waals surface area contributed by atoms with Crippen molar-refractivity contribution in [1.82, 2.24) is 0 Å². The van der Waals surface area contributed by atoms with E-state index in [0.29, 0.717) is 0 Å². The molecule has 2 heteroatoms. The van der Waals surface area contributed by atoms with Gasteiger partial charge < -0.3 is 0 Å². The highest BCUT2D eigenvalue weighted by molar-refractivity contribution is 8.11. The van der Waals surface area contributed by atoms with Crippen LogP contribution in [0.3, 0.4) is 0 Å². The van der Waals surface area contributed by atoms with Gasteiger partial charge in [0.2, 0.25) is 0 Å². The van der Waals surface area contributed by atoms with E-state index in [9.17, 15) is 0 Å². The van der Waals surface area contributed by atoms with Crippen molar-refractivity contribution in [3.05, 3.63) is 0 Å². The molecular weight excluding hydrogens is 711 g/mol. The third kappa shape index (κ3) is 54.9. The van der Waals surface area contributed by atoms with Gasteiger partial charge in [0, 0.05) is 0 Å². The first-order valence-electron chi connectivity index (χ1n) is 27.4. The van der Waals surface area contributed by atoms with Crippen molar-refractivity contribution in [2.75, 3.05) is 12.3 Å². The molecule has 0 amide bonds. The van der Waals surface area contributed by atoms with E-state index < -0.39 is 0 Å². The Kier molecular flexibility index (Phi) is 56.7. The van der Waals surface area contributed by atoms with Crippen molar-refractivity contribution < 1.29 is 0 Å². The molecule has 0 N–H and O–H groups in total. The van der Waals surface area contributed by atoms with Crippen LogP contribution in [-0.2, 0) is 0 Å². The van der Waals surface area contributed by atoms with E-state index in [4.69, 9.17) is 0 Å². The molecule has 0 radical (unpaired) electrons. The van der Waals surface area contributed by atoms with E-state index >= 15 is 0 Å². The summed E-state index contributed by atoms with van der Waals surface area (Å²) in [6.45, 7) is 4.63. The molecule has 0 aromatic heterocycles. The predicted molar refractivity (Wildman–Crippen MR) is 269 cm³/mol. The lowest BCUT2D eigenvalue weighted by molar-refractivity contribution is 0.517. The van der Waals surface area contributed by atoms with E-state index in [1.165, 1.54) is 350 Å². The lowest BCUT2D eigenvalue weighted by atomic mass is 10.0. The maximum absolute atomic E-state index is 2.31. The van der Waals surface area contributed by atoms with Crippen molar-refractivity contribution >= 4 is 16.5 Å². The average Bonchev–Trinajstić information content (AvgIpc) is 3.21. The van der Waals surface area contributed by atoms with Gasteiger partial charge in [-0.15, -0.1) is 0 Å². The summed E-state index contributed by atoms with van der Waals surface area (Å²) in [5.74, 6) is 0. The van der Waals surface area contributed by atoms with Gasteiger partial charge in [-0.2, -0.15) is 0 Å². The summed E-state index contributed by atoms with van der Waals surface area (Å²) < 4.78 is 0. The van der Waals surface area contributed by atoms with Gasteiger partial charge in [-0.25, -0.2) is 0 Å². The number of hydrogen-bond donors (Lipinski definition) is 0. The molecular formula is C54H112P2. The van der Waals surface area contributed by atoms with Crippen molar-refractivity contribution in [3.63, 3.8) is 0 Å². The van der Waals surface area contributed by atoms with Gasteiger partial charge in [0.05, 0.1) is 0 Å². The summed E-state index contributed by atoms with van der Waals surface area (Å²) in [4.78, 5) is 0. The molecule has 0 aromatic rings. The molecule has 0 saturated heterocycles. The fourth-order valence-electron chi connectivity index (χ4n) is 8.88. The molecule has 0 aliphatic carbocycles. The molecule has 0 heterocycles. The Bertz CT molecular complexity index is 580. The highest BCUT2D eigenvalue weighted by Gasteiger charge is 1.99. The smallest absolute Gasteiger partial charge is 0.0317 e. The molecule has 0 rings (SSSR count). The van der Waals surface area contributed by atoms with Crippen LogP contribution in [0.4, 0.5) is 0 Å². The third-order valence-corrected chi connectivity index (χ3v) is 16.6. The number of rotatable bonds is 53. The minimum atomic E-state index is 1.28. The second-order valence-corrected chi connectivity index (χ2v) is 22.7. The zero-order valence-electron chi connectivity index (χ0n) is 39.8. The molecule has 0 bridgehead atoms. The Balaban J connectivity index is 3.05. The largest absolute Gasteiger partial charge is 0.0992 e. The second-order valence-electron chi connectivity index (χ2n) is 18.8. The second kappa shape index (κ2) is 55.9. The van der Waals surface area contributed by atoms with Crippen LogP contribution in [0.2, 0.25) is 0 Å². The Morgan fingerprint density at radius 3 is 0.375 bits per heavy atom.